The lowest BCUT2D eigenvalue weighted by Gasteiger charge is -2.26. The minimum absolute atomic E-state index is 0.0145. The van der Waals surface area contributed by atoms with E-state index in [4.69, 9.17) is 9.47 Å². The normalized spacial score (nSPS) is 19.5. The largest absolute Gasteiger partial charge is 0.491 e. The standard InChI is InChI=1S/C36H43N5O7/c1-3-47-19-18-37-35(45)29-22-32(42)39-30(21-26-14-8-5-9-15-26)36(46)41(2)23-33(43)38-27(20-25-12-6-4-7-13-25)24-48-31-17-11-10-16-28(31)34(44)40-29/h4-17,27,29-30H,3,18-24H2,1-2H3,(H,37,45)(H,38,43)(H,39,42)(H,40,44)/t27-,29+,30+/m1/s1. The lowest BCUT2D eigenvalue weighted by molar-refractivity contribution is -0.138. The summed E-state index contributed by atoms with van der Waals surface area (Å²) in [7, 11) is 1.49. The molecule has 1 aliphatic rings. The number of carbonyl (C=O) groups excluding carboxylic acids is 5. The zero-order valence-corrected chi connectivity index (χ0v) is 27.3. The van der Waals surface area contributed by atoms with Crippen molar-refractivity contribution in [3.8, 4) is 5.75 Å². The number of hydrogen-bond acceptors (Lipinski definition) is 7. The molecule has 12 heteroatoms. The Morgan fingerprint density at radius 3 is 2.19 bits per heavy atom. The van der Waals surface area contributed by atoms with Gasteiger partial charge < -0.3 is 35.6 Å². The first-order valence-electron chi connectivity index (χ1n) is 16.0. The Labute approximate surface area is 280 Å². The van der Waals surface area contributed by atoms with Gasteiger partial charge in [0.15, 0.2) is 0 Å². The third-order valence-electron chi connectivity index (χ3n) is 7.70. The third-order valence-corrected chi connectivity index (χ3v) is 7.70. The number of hydrogen-bond donors (Lipinski definition) is 4. The Balaban J connectivity index is 1.66. The maximum absolute atomic E-state index is 13.7. The van der Waals surface area contributed by atoms with Gasteiger partial charge in [-0.25, -0.2) is 0 Å². The topological polar surface area (TPSA) is 155 Å². The highest BCUT2D eigenvalue weighted by molar-refractivity contribution is 6.01. The van der Waals surface area contributed by atoms with Crippen LogP contribution in [0.3, 0.4) is 0 Å². The summed E-state index contributed by atoms with van der Waals surface area (Å²) in [6, 6.07) is 22.4. The highest BCUT2D eigenvalue weighted by Crippen LogP contribution is 2.19. The molecule has 48 heavy (non-hydrogen) atoms. The molecular weight excluding hydrogens is 614 g/mol. The molecule has 0 bridgehead atoms. The van der Waals surface area contributed by atoms with E-state index in [-0.39, 0.29) is 44.0 Å². The lowest BCUT2D eigenvalue weighted by Crippen LogP contribution is -2.54. The third kappa shape index (κ3) is 10.9. The SMILES string of the molecule is CCOCCNC(=O)[C@@H]1CC(=O)N[C@@H](Cc2ccccc2)C(=O)N(C)CC(=O)N[C@H](Cc2ccccc2)COc2ccccc2C(=O)N1. The van der Waals surface area contributed by atoms with Gasteiger partial charge in [0.25, 0.3) is 5.91 Å². The Morgan fingerprint density at radius 2 is 1.50 bits per heavy atom. The summed E-state index contributed by atoms with van der Waals surface area (Å²) in [6.45, 7) is 2.46. The summed E-state index contributed by atoms with van der Waals surface area (Å²) in [5.74, 6) is -2.52. The first-order chi connectivity index (χ1) is 23.2. The molecule has 4 N–H and O–H groups in total. The van der Waals surface area contributed by atoms with Gasteiger partial charge >= 0.3 is 0 Å². The molecule has 4 rings (SSSR count). The van der Waals surface area contributed by atoms with Crippen LogP contribution < -0.4 is 26.0 Å². The van der Waals surface area contributed by atoms with E-state index in [0.29, 0.717) is 13.0 Å². The van der Waals surface area contributed by atoms with Crippen molar-refractivity contribution >= 4 is 29.5 Å². The molecule has 1 aliphatic heterocycles. The van der Waals surface area contributed by atoms with Crippen LogP contribution in [0.5, 0.6) is 5.75 Å². The predicted molar refractivity (Wildman–Crippen MR) is 179 cm³/mol. The zero-order chi connectivity index (χ0) is 34.3. The van der Waals surface area contributed by atoms with Gasteiger partial charge in [-0.2, -0.15) is 0 Å². The molecule has 0 aromatic heterocycles. The molecule has 3 aromatic carbocycles. The van der Waals surface area contributed by atoms with Gasteiger partial charge in [-0.3, -0.25) is 24.0 Å². The first-order valence-corrected chi connectivity index (χ1v) is 16.0. The van der Waals surface area contributed by atoms with E-state index >= 15 is 0 Å². The molecule has 3 atom stereocenters. The minimum Gasteiger partial charge on any atom is -0.491 e. The van der Waals surface area contributed by atoms with Crippen LogP contribution in [-0.2, 0) is 36.8 Å². The Bertz CT molecular complexity index is 1540. The fraction of sp³-hybridized carbons (Fsp3) is 0.361. The van der Waals surface area contributed by atoms with E-state index in [1.165, 1.54) is 11.9 Å². The average Bonchev–Trinajstić information content (AvgIpc) is 3.08. The molecule has 254 valence electrons. The van der Waals surface area contributed by atoms with Crippen LogP contribution in [0.2, 0.25) is 0 Å². The summed E-state index contributed by atoms with van der Waals surface area (Å²) < 4.78 is 11.4. The van der Waals surface area contributed by atoms with Crippen molar-refractivity contribution in [2.45, 2.75) is 44.3 Å². The molecule has 0 saturated heterocycles. The number of carbonyl (C=O) groups is 5. The van der Waals surface area contributed by atoms with Crippen molar-refractivity contribution in [3.05, 3.63) is 102 Å². The first kappa shape index (κ1) is 35.6. The van der Waals surface area contributed by atoms with Gasteiger partial charge in [0.05, 0.1) is 31.2 Å². The van der Waals surface area contributed by atoms with Crippen molar-refractivity contribution in [1.82, 2.24) is 26.2 Å². The highest BCUT2D eigenvalue weighted by atomic mass is 16.5. The van der Waals surface area contributed by atoms with Crippen LogP contribution in [0.25, 0.3) is 0 Å². The lowest BCUT2D eigenvalue weighted by atomic mass is 10.0. The molecule has 1 heterocycles. The molecule has 3 aromatic rings. The van der Waals surface area contributed by atoms with Crippen molar-refractivity contribution in [2.75, 3.05) is 40.0 Å². The molecule has 0 fully saturated rings. The van der Waals surface area contributed by atoms with Gasteiger partial charge in [-0.05, 0) is 36.6 Å². The van der Waals surface area contributed by atoms with Crippen molar-refractivity contribution in [1.29, 1.82) is 0 Å². The van der Waals surface area contributed by atoms with E-state index in [9.17, 15) is 24.0 Å². The van der Waals surface area contributed by atoms with E-state index in [0.717, 1.165) is 11.1 Å². The maximum Gasteiger partial charge on any atom is 0.255 e. The molecule has 0 saturated carbocycles. The zero-order valence-electron chi connectivity index (χ0n) is 27.3. The quantitative estimate of drug-likeness (QED) is 0.255. The molecule has 12 nitrogen and oxygen atoms in total. The maximum atomic E-state index is 13.7. The summed E-state index contributed by atoms with van der Waals surface area (Å²) >= 11 is 0. The number of rotatable bonds is 9. The van der Waals surface area contributed by atoms with E-state index in [1.807, 2.05) is 67.6 Å². The molecule has 0 unspecified atom stereocenters. The van der Waals surface area contributed by atoms with Crippen LogP contribution in [0.4, 0.5) is 0 Å². The molecule has 0 radical (unpaired) electrons. The number of ether oxygens (including phenoxy) is 2. The van der Waals surface area contributed by atoms with Crippen LogP contribution in [0.15, 0.2) is 84.9 Å². The molecule has 5 amide bonds. The number of para-hydroxylation sites is 1. The fourth-order valence-electron chi connectivity index (χ4n) is 5.30. The molecule has 0 aliphatic carbocycles. The number of amides is 5. The summed E-state index contributed by atoms with van der Waals surface area (Å²) in [6.07, 6.45) is 0.124. The molecule has 0 spiro atoms. The van der Waals surface area contributed by atoms with E-state index < -0.39 is 54.1 Å². The Kier molecular flexibility index (Phi) is 13.5. The fourth-order valence-corrected chi connectivity index (χ4v) is 5.30. The van der Waals surface area contributed by atoms with Crippen LogP contribution >= 0.6 is 0 Å². The number of benzene rings is 3. The van der Waals surface area contributed by atoms with Crippen molar-refractivity contribution in [2.24, 2.45) is 0 Å². The van der Waals surface area contributed by atoms with Gasteiger partial charge in [-0.1, -0.05) is 72.8 Å². The Hall–Kier alpha value is -5.23. The van der Waals surface area contributed by atoms with Gasteiger partial charge in [-0.15, -0.1) is 0 Å². The van der Waals surface area contributed by atoms with Gasteiger partial charge in [0, 0.05) is 26.6 Å². The summed E-state index contributed by atoms with van der Waals surface area (Å²) in [4.78, 5) is 68.6. The number of likely N-dealkylation sites (N-methyl/N-ethyl adjacent to an activating group) is 1. The van der Waals surface area contributed by atoms with Crippen LogP contribution in [0, 0.1) is 0 Å². The molecular formula is C36H43N5O7. The van der Waals surface area contributed by atoms with E-state index in [1.54, 1.807) is 24.3 Å². The van der Waals surface area contributed by atoms with Crippen molar-refractivity contribution in [3.63, 3.8) is 0 Å². The smallest absolute Gasteiger partial charge is 0.255 e. The second-order valence-electron chi connectivity index (χ2n) is 11.5. The number of nitrogens with zero attached hydrogens (tertiary/aromatic N) is 1. The van der Waals surface area contributed by atoms with E-state index in [2.05, 4.69) is 21.3 Å². The highest BCUT2D eigenvalue weighted by Gasteiger charge is 2.30. The second kappa shape index (κ2) is 18.2. The number of fused-ring (bicyclic) bond motifs is 1. The average molecular weight is 658 g/mol. The minimum atomic E-state index is -1.28. The summed E-state index contributed by atoms with van der Waals surface area (Å²) in [5.41, 5.74) is 1.89. The number of nitrogens with one attached hydrogen (secondary N) is 4. The van der Waals surface area contributed by atoms with Gasteiger partial charge in [0.2, 0.25) is 23.6 Å². The van der Waals surface area contributed by atoms with Gasteiger partial charge in [0.1, 0.15) is 24.4 Å². The Morgan fingerprint density at radius 1 is 0.854 bits per heavy atom. The predicted octanol–water partition coefficient (Wildman–Crippen LogP) is 1.63. The monoisotopic (exact) mass is 657 g/mol. The second-order valence-corrected chi connectivity index (χ2v) is 11.5. The van der Waals surface area contributed by atoms with Crippen LogP contribution in [-0.4, -0.2) is 92.5 Å². The summed E-state index contributed by atoms with van der Waals surface area (Å²) in [5, 5.41) is 11.1. The van der Waals surface area contributed by atoms with Crippen LogP contribution in [0.1, 0.15) is 34.8 Å². The van der Waals surface area contributed by atoms with Crippen molar-refractivity contribution < 1.29 is 33.4 Å².